The van der Waals surface area contributed by atoms with Crippen molar-refractivity contribution in [1.29, 1.82) is 0 Å². The molecule has 0 aliphatic carbocycles. The van der Waals surface area contributed by atoms with Gasteiger partial charge in [0, 0.05) is 18.5 Å². The number of nitrogens with zero attached hydrogens (tertiary/aromatic N) is 1. The monoisotopic (exact) mass is 170 g/mol. The minimum absolute atomic E-state index is 0.226. The molecule has 70 valence electrons. The van der Waals surface area contributed by atoms with E-state index in [2.05, 4.69) is 19.3 Å². The maximum Gasteiger partial charge on any atom is 0.238 e. The molecule has 1 saturated heterocycles. The standard InChI is InChI=1S/C9H18N2O/c1-6(2)8-5-9(12)11(10-8)7(3)4/h6-8,10H,5H2,1-4H3. The molecule has 0 bridgehead atoms. The van der Waals surface area contributed by atoms with Gasteiger partial charge in [0.2, 0.25) is 5.91 Å². The molecule has 1 atom stereocenters. The van der Waals surface area contributed by atoms with Crippen LogP contribution in [-0.4, -0.2) is 23.0 Å². The lowest BCUT2D eigenvalue weighted by molar-refractivity contribution is -0.131. The van der Waals surface area contributed by atoms with Crippen LogP contribution in [0.2, 0.25) is 0 Å². The Morgan fingerprint density at radius 1 is 1.42 bits per heavy atom. The van der Waals surface area contributed by atoms with Crippen LogP contribution < -0.4 is 5.43 Å². The lowest BCUT2D eigenvalue weighted by atomic mass is 10.0. The first-order valence-corrected chi connectivity index (χ1v) is 4.60. The van der Waals surface area contributed by atoms with E-state index in [4.69, 9.17) is 0 Å². The number of hydrogen-bond acceptors (Lipinski definition) is 2. The molecule has 3 nitrogen and oxygen atoms in total. The van der Waals surface area contributed by atoms with Gasteiger partial charge in [0.15, 0.2) is 0 Å². The van der Waals surface area contributed by atoms with E-state index >= 15 is 0 Å². The molecule has 0 aromatic rings. The van der Waals surface area contributed by atoms with E-state index in [1.807, 2.05) is 13.8 Å². The first kappa shape index (κ1) is 9.52. The van der Waals surface area contributed by atoms with Crippen LogP contribution in [0.3, 0.4) is 0 Å². The average molecular weight is 170 g/mol. The van der Waals surface area contributed by atoms with Crippen molar-refractivity contribution < 1.29 is 4.79 Å². The van der Waals surface area contributed by atoms with Crippen molar-refractivity contribution in [2.45, 2.75) is 46.2 Å². The van der Waals surface area contributed by atoms with Crippen molar-refractivity contribution in [3.63, 3.8) is 0 Å². The van der Waals surface area contributed by atoms with Gasteiger partial charge in [0.1, 0.15) is 0 Å². The zero-order valence-corrected chi connectivity index (χ0v) is 8.29. The van der Waals surface area contributed by atoms with Gasteiger partial charge in [-0.15, -0.1) is 0 Å². The molecule has 1 amide bonds. The van der Waals surface area contributed by atoms with E-state index in [1.165, 1.54) is 0 Å². The Morgan fingerprint density at radius 3 is 2.25 bits per heavy atom. The quantitative estimate of drug-likeness (QED) is 0.674. The molecule has 1 N–H and O–H groups in total. The molecule has 12 heavy (non-hydrogen) atoms. The lowest BCUT2D eigenvalue weighted by Gasteiger charge is -2.23. The van der Waals surface area contributed by atoms with Gasteiger partial charge < -0.3 is 0 Å². The maximum absolute atomic E-state index is 11.4. The largest absolute Gasteiger partial charge is 0.275 e. The lowest BCUT2D eigenvalue weighted by Crippen LogP contribution is -2.43. The fourth-order valence-corrected chi connectivity index (χ4v) is 1.40. The minimum atomic E-state index is 0.226. The number of nitrogens with one attached hydrogen (secondary N) is 1. The van der Waals surface area contributed by atoms with E-state index in [9.17, 15) is 4.79 Å². The molecular formula is C9H18N2O. The summed E-state index contributed by atoms with van der Waals surface area (Å²) in [5.41, 5.74) is 3.22. The highest BCUT2D eigenvalue weighted by atomic mass is 16.2. The van der Waals surface area contributed by atoms with Crippen molar-refractivity contribution in [2.75, 3.05) is 0 Å². The third kappa shape index (κ3) is 1.78. The van der Waals surface area contributed by atoms with Crippen molar-refractivity contribution in [3.8, 4) is 0 Å². The summed E-state index contributed by atoms with van der Waals surface area (Å²) >= 11 is 0. The van der Waals surface area contributed by atoms with Crippen LogP contribution in [0.25, 0.3) is 0 Å². The average Bonchev–Trinajstić information content (AvgIpc) is 2.30. The van der Waals surface area contributed by atoms with Gasteiger partial charge in [0.25, 0.3) is 0 Å². The van der Waals surface area contributed by atoms with Crippen molar-refractivity contribution in [1.82, 2.24) is 10.4 Å². The van der Waals surface area contributed by atoms with Crippen LogP contribution in [0.15, 0.2) is 0 Å². The highest BCUT2D eigenvalue weighted by molar-refractivity contribution is 5.78. The van der Waals surface area contributed by atoms with E-state index in [1.54, 1.807) is 5.01 Å². The third-order valence-corrected chi connectivity index (χ3v) is 2.29. The van der Waals surface area contributed by atoms with Gasteiger partial charge in [-0.25, -0.2) is 5.43 Å². The van der Waals surface area contributed by atoms with E-state index in [0.717, 1.165) is 0 Å². The Morgan fingerprint density at radius 2 is 2.00 bits per heavy atom. The van der Waals surface area contributed by atoms with Gasteiger partial charge >= 0.3 is 0 Å². The predicted molar refractivity (Wildman–Crippen MR) is 48.4 cm³/mol. The normalized spacial score (nSPS) is 24.7. The van der Waals surface area contributed by atoms with Crippen LogP contribution in [0.4, 0.5) is 0 Å². The Kier molecular flexibility index (Phi) is 2.73. The van der Waals surface area contributed by atoms with Crippen LogP contribution in [0.1, 0.15) is 34.1 Å². The van der Waals surface area contributed by atoms with Crippen molar-refractivity contribution >= 4 is 5.91 Å². The van der Waals surface area contributed by atoms with E-state index in [0.29, 0.717) is 18.4 Å². The third-order valence-electron chi connectivity index (χ3n) is 2.29. The predicted octanol–water partition coefficient (Wildman–Crippen LogP) is 1.16. The second-order valence-electron chi connectivity index (χ2n) is 4.04. The smallest absolute Gasteiger partial charge is 0.238 e. The topological polar surface area (TPSA) is 32.3 Å². The first-order valence-electron chi connectivity index (χ1n) is 4.60. The summed E-state index contributed by atoms with van der Waals surface area (Å²) in [5, 5.41) is 1.74. The minimum Gasteiger partial charge on any atom is -0.275 e. The molecule has 0 aromatic carbocycles. The molecule has 0 radical (unpaired) electrons. The molecule has 1 aliphatic heterocycles. The summed E-state index contributed by atoms with van der Waals surface area (Å²) in [6, 6.07) is 0.598. The highest BCUT2D eigenvalue weighted by Gasteiger charge is 2.31. The highest BCUT2D eigenvalue weighted by Crippen LogP contribution is 2.16. The second-order valence-corrected chi connectivity index (χ2v) is 4.04. The number of hydrogen-bond donors (Lipinski definition) is 1. The Balaban J connectivity index is 2.56. The molecule has 0 saturated carbocycles. The zero-order chi connectivity index (χ0) is 9.30. The fourth-order valence-electron chi connectivity index (χ4n) is 1.40. The molecule has 0 aromatic heterocycles. The second kappa shape index (κ2) is 3.44. The van der Waals surface area contributed by atoms with Crippen LogP contribution >= 0.6 is 0 Å². The fraction of sp³-hybridized carbons (Fsp3) is 0.889. The number of rotatable bonds is 2. The molecule has 1 rings (SSSR count). The SMILES string of the molecule is CC(C)C1CC(=O)N(C(C)C)N1. The number of amides is 1. The Labute approximate surface area is 74.1 Å². The zero-order valence-electron chi connectivity index (χ0n) is 8.29. The van der Waals surface area contributed by atoms with Crippen molar-refractivity contribution in [3.05, 3.63) is 0 Å². The molecule has 1 unspecified atom stereocenters. The van der Waals surface area contributed by atoms with E-state index < -0.39 is 0 Å². The van der Waals surface area contributed by atoms with Crippen LogP contribution in [0, 0.1) is 5.92 Å². The number of carbonyl (C=O) groups excluding carboxylic acids is 1. The first-order chi connectivity index (χ1) is 5.52. The van der Waals surface area contributed by atoms with Gasteiger partial charge in [0.05, 0.1) is 0 Å². The van der Waals surface area contributed by atoms with Gasteiger partial charge in [-0.2, -0.15) is 0 Å². The molecular weight excluding hydrogens is 152 g/mol. The Bertz CT molecular complexity index is 177. The van der Waals surface area contributed by atoms with Crippen LogP contribution in [0.5, 0.6) is 0 Å². The summed E-state index contributed by atoms with van der Waals surface area (Å²) in [6.07, 6.45) is 0.649. The summed E-state index contributed by atoms with van der Waals surface area (Å²) in [4.78, 5) is 11.4. The Hall–Kier alpha value is -0.570. The maximum atomic E-state index is 11.4. The summed E-state index contributed by atoms with van der Waals surface area (Å²) in [6.45, 7) is 8.31. The van der Waals surface area contributed by atoms with E-state index in [-0.39, 0.29) is 11.9 Å². The molecule has 3 heteroatoms. The van der Waals surface area contributed by atoms with Gasteiger partial charge in [-0.05, 0) is 19.8 Å². The molecule has 1 aliphatic rings. The summed E-state index contributed by atoms with van der Waals surface area (Å²) in [5.74, 6) is 0.751. The molecule has 0 spiro atoms. The van der Waals surface area contributed by atoms with Crippen LogP contribution in [-0.2, 0) is 4.79 Å². The summed E-state index contributed by atoms with van der Waals surface area (Å²) in [7, 11) is 0. The van der Waals surface area contributed by atoms with Gasteiger partial charge in [-0.1, -0.05) is 13.8 Å². The van der Waals surface area contributed by atoms with Crippen molar-refractivity contribution in [2.24, 2.45) is 5.92 Å². The number of hydrazine groups is 1. The molecule has 1 heterocycles. The summed E-state index contributed by atoms with van der Waals surface area (Å²) < 4.78 is 0. The number of carbonyl (C=O) groups is 1. The van der Waals surface area contributed by atoms with Gasteiger partial charge in [-0.3, -0.25) is 9.80 Å². The molecule has 1 fully saturated rings.